The Kier molecular flexibility index (Phi) is 14.5. The molecule has 0 bridgehead atoms. The molecule has 0 radical (unpaired) electrons. The third-order valence-electron chi connectivity index (χ3n) is 0.963. The third-order valence-corrected chi connectivity index (χ3v) is 0.963. The molecule has 0 amide bonds. The van der Waals surface area contributed by atoms with Crippen molar-refractivity contribution in [3.63, 3.8) is 0 Å². The first-order valence-corrected chi connectivity index (χ1v) is 3.16. The fourth-order valence-electron chi connectivity index (χ4n) is 0.453. The van der Waals surface area contributed by atoms with Crippen LogP contribution in [0.3, 0.4) is 0 Å². The van der Waals surface area contributed by atoms with E-state index in [2.05, 4.69) is 0 Å². The van der Waals surface area contributed by atoms with Gasteiger partial charge in [-0.15, -0.1) is 0 Å². The summed E-state index contributed by atoms with van der Waals surface area (Å²) < 4.78 is 0. The molecular weight excluding hydrogens is 134 g/mol. The van der Waals surface area contributed by atoms with E-state index in [-0.39, 0.29) is 13.2 Å². The van der Waals surface area contributed by atoms with Crippen LogP contribution in [0.25, 0.3) is 0 Å². The maximum Gasteiger partial charge on any atom is 0.0558 e. The van der Waals surface area contributed by atoms with Crippen LogP contribution in [0.15, 0.2) is 0 Å². The normalized spacial score (nSPS) is 9.00. The molecule has 0 aliphatic carbocycles. The van der Waals surface area contributed by atoms with Crippen molar-refractivity contribution >= 4 is 0 Å². The molecular formula is C6H17NO3. The van der Waals surface area contributed by atoms with Crippen LogP contribution in [0, 0.1) is 0 Å². The van der Waals surface area contributed by atoms with Gasteiger partial charge >= 0.3 is 0 Å². The van der Waals surface area contributed by atoms with Gasteiger partial charge < -0.3 is 20.2 Å². The van der Waals surface area contributed by atoms with Crippen molar-refractivity contribution in [3.05, 3.63) is 0 Å². The van der Waals surface area contributed by atoms with Crippen molar-refractivity contribution in [3.8, 4) is 0 Å². The summed E-state index contributed by atoms with van der Waals surface area (Å²) in [6.07, 6.45) is 0. The highest BCUT2D eigenvalue weighted by atomic mass is 16.3. The van der Waals surface area contributed by atoms with Crippen molar-refractivity contribution in [1.82, 2.24) is 4.90 Å². The van der Waals surface area contributed by atoms with Crippen molar-refractivity contribution in [2.45, 2.75) is 0 Å². The topological polar surface area (TPSA) is 63.9 Å². The molecule has 0 spiro atoms. The number of aliphatic hydroxyl groups is 3. The summed E-state index contributed by atoms with van der Waals surface area (Å²) in [6, 6.07) is 0. The zero-order chi connectivity index (χ0) is 8.41. The minimum absolute atomic E-state index is 0.163. The highest BCUT2D eigenvalue weighted by molar-refractivity contribution is 4.45. The summed E-state index contributed by atoms with van der Waals surface area (Å²) in [4.78, 5) is 1.86. The van der Waals surface area contributed by atoms with Crippen LogP contribution in [-0.4, -0.2) is 60.7 Å². The highest BCUT2D eigenvalue weighted by Crippen LogP contribution is 1.76. The molecule has 0 heterocycles. The Morgan fingerprint density at radius 3 is 1.50 bits per heavy atom. The van der Waals surface area contributed by atoms with E-state index in [9.17, 15) is 0 Å². The van der Waals surface area contributed by atoms with Gasteiger partial charge in [-0.25, -0.2) is 0 Å². The number of aliphatic hydroxyl groups excluding tert-OH is 3. The summed E-state index contributed by atoms with van der Waals surface area (Å²) in [5.41, 5.74) is 0. The standard InChI is InChI=1S/C5H13NO2.CH4O/c1-6(2-4-7)3-5-8;1-2/h7-8H,2-5H2,1H3;2H,1H3. The molecule has 0 saturated carbocycles. The molecule has 0 saturated heterocycles. The minimum Gasteiger partial charge on any atom is -0.400 e. The van der Waals surface area contributed by atoms with E-state index in [0.29, 0.717) is 13.1 Å². The average molecular weight is 151 g/mol. The van der Waals surface area contributed by atoms with E-state index in [0.717, 1.165) is 7.11 Å². The Balaban J connectivity index is 0. The van der Waals surface area contributed by atoms with E-state index < -0.39 is 0 Å². The Morgan fingerprint density at radius 2 is 1.30 bits per heavy atom. The summed E-state index contributed by atoms with van der Waals surface area (Å²) in [5, 5.41) is 23.7. The Hall–Kier alpha value is -0.160. The highest BCUT2D eigenvalue weighted by Gasteiger charge is 1.91. The van der Waals surface area contributed by atoms with Gasteiger partial charge in [-0.05, 0) is 7.05 Å². The fraction of sp³-hybridized carbons (Fsp3) is 1.00. The smallest absolute Gasteiger partial charge is 0.0558 e. The summed E-state index contributed by atoms with van der Waals surface area (Å²) in [5.74, 6) is 0. The second kappa shape index (κ2) is 11.6. The number of nitrogens with zero attached hydrogens (tertiary/aromatic N) is 1. The first-order chi connectivity index (χ1) is 4.81. The van der Waals surface area contributed by atoms with Gasteiger partial charge in [-0.3, -0.25) is 0 Å². The zero-order valence-corrected chi connectivity index (χ0v) is 6.62. The van der Waals surface area contributed by atoms with E-state index in [1.54, 1.807) is 0 Å². The van der Waals surface area contributed by atoms with Crippen molar-refractivity contribution in [2.24, 2.45) is 0 Å². The zero-order valence-electron chi connectivity index (χ0n) is 6.62. The summed E-state index contributed by atoms with van der Waals surface area (Å²) in [6.45, 7) is 1.61. The van der Waals surface area contributed by atoms with E-state index >= 15 is 0 Å². The van der Waals surface area contributed by atoms with Crippen LogP contribution in [0.4, 0.5) is 0 Å². The van der Waals surface area contributed by atoms with Crippen LogP contribution in [0.2, 0.25) is 0 Å². The second-order valence-corrected chi connectivity index (χ2v) is 1.75. The van der Waals surface area contributed by atoms with Gasteiger partial charge in [0, 0.05) is 20.2 Å². The fourth-order valence-corrected chi connectivity index (χ4v) is 0.453. The van der Waals surface area contributed by atoms with Crippen LogP contribution < -0.4 is 0 Å². The SMILES string of the molecule is CN(CCO)CCO.CO. The van der Waals surface area contributed by atoms with E-state index in [1.165, 1.54) is 0 Å². The van der Waals surface area contributed by atoms with Crippen LogP contribution >= 0.6 is 0 Å². The molecule has 3 N–H and O–H groups in total. The summed E-state index contributed by atoms with van der Waals surface area (Å²) >= 11 is 0. The van der Waals surface area contributed by atoms with Crippen LogP contribution in [0.5, 0.6) is 0 Å². The van der Waals surface area contributed by atoms with Gasteiger partial charge in [0.1, 0.15) is 0 Å². The number of hydrogen-bond acceptors (Lipinski definition) is 4. The third kappa shape index (κ3) is 10.8. The predicted octanol–water partition coefficient (Wildman–Crippen LogP) is -1.49. The molecule has 10 heavy (non-hydrogen) atoms. The molecule has 0 unspecified atom stereocenters. The van der Waals surface area contributed by atoms with Gasteiger partial charge in [0.25, 0.3) is 0 Å². The van der Waals surface area contributed by atoms with E-state index in [1.807, 2.05) is 11.9 Å². The van der Waals surface area contributed by atoms with Gasteiger partial charge in [0.15, 0.2) is 0 Å². The van der Waals surface area contributed by atoms with Gasteiger partial charge in [0.2, 0.25) is 0 Å². The molecule has 0 aromatic carbocycles. The van der Waals surface area contributed by atoms with Gasteiger partial charge in [-0.1, -0.05) is 0 Å². The van der Waals surface area contributed by atoms with Crippen molar-refractivity contribution in [1.29, 1.82) is 0 Å². The molecule has 0 aromatic heterocycles. The lowest BCUT2D eigenvalue weighted by Gasteiger charge is -2.11. The number of likely N-dealkylation sites (N-methyl/N-ethyl adjacent to an activating group) is 1. The molecule has 0 rings (SSSR count). The van der Waals surface area contributed by atoms with Crippen LogP contribution in [-0.2, 0) is 0 Å². The number of hydrogen-bond donors (Lipinski definition) is 3. The summed E-state index contributed by atoms with van der Waals surface area (Å²) in [7, 11) is 2.85. The first kappa shape index (κ1) is 12.5. The lowest BCUT2D eigenvalue weighted by atomic mass is 10.5. The molecule has 0 atom stereocenters. The quantitative estimate of drug-likeness (QED) is 0.458. The maximum atomic E-state index is 8.34. The Bertz CT molecular complexity index is 46.3. The molecule has 4 heteroatoms. The Morgan fingerprint density at radius 1 is 1.00 bits per heavy atom. The average Bonchev–Trinajstić information content (AvgIpc) is 1.93. The Labute approximate surface area is 61.7 Å². The van der Waals surface area contributed by atoms with Gasteiger partial charge in [-0.2, -0.15) is 0 Å². The molecule has 4 nitrogen and oxygen atoms in total. The maximum absolute atomic E-state index is 8.34. The molecule has 64 valence electrons. The first-order valence-electron chi connectivity index (χ1n) is 3.16. The largest absolute Gasteiger partial charge is 0.400 e. The second-order valence-electron chi connectivity index (χ2n) is 1.75. The van der Waals surface area contributed by atoms with E-state index in [4.69, 9.17) is 15.3 Å². The molecule has 0 aliphatic rings. The molecule has 0 aromatic rings. The lowest BCUT2D eigenvalue weighted by molar-refractivity contribution is 0.184. The molecule has 0 aliphatic heterocycles. The lowest BCUT2D eigenvalue weighted by Crippen LogP contribution is -2.25. The van der Waals surface area contributed by atoms with Gasteiger partial charge in [0.05, 0.1) is 13.2 Å². The monoisotopic (exact) mass is 151 g/mol. The predicted molar refractivity (Wildman–Crippen MR) is 39.8 cm³/mol. The molecule has 0 fully saturated rings. The number of rotatable bonds is 4. The minimum atomic E-state index is 0.163. The van der Waals surface area contributed by atoms with Crippen LogP contribution in [0.1, 0.15) is 0 Å². The van der Waals surface area contributed by atoms with Crippen molar-refractivity contribution in [2.75, 3.05) is 40.5 Å². The van der Waals surface area contributed by atoms with Crippen molar-refractivity contribution < 1.29 is 15.3 Å².